The van der Waals surface area contributed by atoms with Crippen molar-refractivity contribution in [2.45, 2.75) is 12.5 Å². The molecule has 1 aromatic heterocycles. The van der Waals surface area contributed by atoms with Gasteiger partial charge in [0.1, 0.15) is 5.56 Å². The fraction of sp³-hybridized carbons (Fsp3) is 0.400. The van der Waals surface area contributed by atoms with Crippen molar-refractivity contribution in [2.75, 3.05) is 13.1 Å². The topological polar surface area (TPSA) is 79.2 Å². The van der Waals surface area contributed by atoms with Crippen molar-refractivity contribution in [3.63, 3.8) is 0 Å². The zero-order chi connectivity index (χ0) is 10.8. The maximum Gasteiger partial charge on any atom is 0.259 e. The second kappa shape index (κ2) is 3.86. The lowest BCUT2D eigenvalue weighted by molar-refractivity contribution is 0.0789. The number of hydrogen-bond donors (Lipinski definition) is 2. The Labute approximate surface area is 86.9 Å². The van der Waals surface area contributed by atoms with Crippen LogP contribution in [0.2, 0.25) is 0 Å². The number of nitrogens with zero attached hydrogens (tertiary/aromatic N) is 1. The number of likely N-dealkylation sites (tertiary alicyclic amines) is 1. The quantitative estimate of drug-likeness (QED) is 0.654. The maximum atomic E-state index is 11.9. The van der Waals surface area contributed by atoms with Crippen LogP contribution in [0.1, 0.15) is 16.8 Å². The molecule has 2 heterocycles. The van der Waals surface area contributed by atoms with Gasteiger partial charge in [-0.1, -0.05) is 0 Å². The van der Waals surface area contributed by atoms with Crippen molar-refractivity contribution in [3.8, 4) is 0 Å². The Morgan fingerprint density at radius 3 is 3.00 bits per heavy atom. The minimum Gasteiger partial charge on any atom is -0.367 e. The summed E-state index contributed by atoms with van der Waals surface area (Å²) in [6.07, 6.45) is 3.75. The molecule has 1 aliphatic rings. The van der Waals surface area contributed by atoms with Gasteiger partial charge in [-0.2, -0.15) is 0 Å². The maximum absolute atomic E-state index is 11.9. The summed E-state index contributed by atoms with van der Waals surface area (Å²) >= 11 is 0. The molecule has 2 rings (SSSR count). The van der Waals surface area contributed by atoms with Gasteiger partial charge in [0.2, 0.25) is 0 Å². The van der Waals surface area contributed by atoms with Gasteiger partial charge in [-0.05, 0) is 6.42 Å². The number of nitrogens with one attached hydrogen (secondary N) is 1. The number of carbonyl (C=O) groups excluding carboxylic acids is 1. The van der Waals surface area contributed by atoms with E-state index >= 15 is 0 Å². The largest absolute Gasteiger partial charge is 0.367 e. The van der Waals surface area contributed by atoms with Crippen LogP contribution in [-0.2, 0) is 0 Å². The van der Waals surface area contributed by atoms with Crippen molar-refractivity contribution < 1.29 is 4.79 Å². The van der Waals surface area contributed by atoms with Crippen molar-refractivity contribution in [2.24, 2.45) is 5.73 Å². The van der Waals surface area contributed by atoms with E-state index in [1.807, 2.05) is 0 Å². The monoisotopic (exact) mass is 207 g/mol. The van der Waals surface area contributed by atoms with Gasteiger partial charge in [0.15, 0.2) is 5.43 Å². The summed E-state index contributed by atoms with van der Waals surface area (Å²) in [5.74, 6) is -0.232. The van der Waals surface area contributed by atoms with Gasteiger partial charge in [-0.15, -0.1) is 0 Å². The lowest BCUT2D eigenvalue weighted by Crippen LogP contribution is -2.34. The van der Waals surface area contributed by atoms with Gasteiger partial charge in [-0.3, -0.25) is 9.59 Å². The average molecular weight is 207 g/mol. The Morgan fingerprint density at radius 2 is 2.40 bits per heavy atom. The molecule has 0 saturated carbocycles. The first-order valence-corrected chi connectivity index (χ1v) is 4.90. The third kappa shape index (κ3) is 1.92. The van der Waals surface area contributed by atoms with Crippen LogP contribution in [0.3, 0.4) is 0 Å². The number of nitrogens with two attached hydrogens (primary N) is 1. The Hall–Kier alpha value is -1.62. The van der Waals surface area contributed by atoms with Crippen LogP contribution < -0.4 is 11.2 Å². The molecule has 0 aliphatic carbocycles. The van der Waals surface area contributed by atoms with Gasteiger partial charge in [0.05, 0.1) is 0 Å². The van der Waals surface area contributed by atoms with E-state index in [2.05, 4.69) is 4.98 Å². The van der Waals surface area contributed by atoms with Crippen LogP contribution in [0, 0.1) is 0 Å². The number of hydrogen-bond acceptors (Lipinski definition) is 3. The molecule has 0 unspecified atom stereocenters. The van der Waals surface area contributed by atoms with E-state index in [-0.39, 0.29) is 22.9 Å². The molecule has 0 spiro atoms. The summed E-state index contributed by atoms with van der Waals surface area (Å²) in [6.45, 7) is 1.17. The highest BCUT2D eigenvalue weighted by atomic mass is 16.2. The molecule has 15 heavy (non-hydrogen) atoms. The molecule has 0 radical (unpaired) electrons. The third-order valence-electron chi connectivity index (χ3n) is 2.57. The molecule has 3 N–H and O–H groups in total. The second-order valence-corrected chi connectivity index (χ2v) is 3.72. The zero-order valence-electron chi connectivity index (χ0n) is 8.27. The van der Waals surface area contributed by atoms with E-state index in [1.54, 1.807) is 4.90 Å². The SMILES string of the molecule is N[C@H]1CCN(C(=O)c2c[nH]ccc2=O)C1. The smallest absolute Gasteiger partial charge is 0.259 e. The van der Waals surface area contributed by atoms with Crippen LogP contribution in [0.5, 0.6) is 0 Å². The number of aromatic nitrogens is 1. The van der Waals surface area contributed by atoms with Crippen LogP contribution in [0.4, 0.5) is 0 Å². The van der Waals surface area contributed by atoms with Gasteiger partial charge in [0, 0.05) is 37.6 Å². The predicted molar refractivity (Wildman–Crippen MR) is 55.6 cm³/mol. The minimum absolute atomic E-state index is 0.0387. The number of amides is 1. The molecule has 1 amide bonds. The van der Waals surface area contributed by atoms with Crippen LogP contribution in [-0.4, -0.2) is 34.9 Å². The number of H-pyrrole nitrogens is 1. The normalized spacial score (nSPS) is 20.6. The summed E-state index contributed by atoms with van der Waals surface area (Å²) in [6, 6.07) is 1.39. The number of pyridine rings is 1. The minimum atomic E-state index is -0.251. The second-order valence-electron chi connectivity index (χ2n) is 3.72. The molecule has 0 aromatic carbocycles. The van der Waals surface area contributed by atoms with Gasteiger partial charge in [-0.25, -0.2) is 0 Å². The van der Waals surface area contributed by atoms with Crippen LogP contribution in [0.25, 0.3) is 0 Å². The van der Waals surface area contributed by atoms with E-state index in [9.17, 15) is 9.59 Å². The molecule has 1 saturated heterocycles. The lowest BCUT2D eigenvalue weighted by Gasteiger charge is -2.14. The van der Waals surface area contributed by atoms with E-state index in [4.69, 9.17) is 5.73 Å². The summed E-state index contributed by atoms with van der Waals surface area (Å²) in [5.41, 5.74) is 5.64. The number of aromatic amines is 1. The molecule has 1 aliphatic heterocycles. The first kappa shape index (κ1) is 9.92. The van der Waals surface area contributed by atoms with Crippen LogP contribution in [0.15, 0.2) is 23.3 Å². The van der Waals surface area contributed by atoms with E-state index in [0.29, 0.717) is 13.1 Å². The molecular formula is C10H13N3O2. The standard InChI is InChI=1S/C10H13N3O2/c11-7-2-4-13(6-7)10(15)8-5-12-3-1-9(8)14/h1,3,5,7H,2,4,6,11H2,(H,12,14)/t7-/m0/s1. The first-order chi connectivity index (χ1) is 7.18. The molecule has 5 heteroatoms. The fourth-order valence-corrected chi connectivity index (χ4v) is 1.73. The van der Waals surface area contributed by atoms with Crippen molar-refractivity contribution in [3.05, 3.63) is 34.2 Å². The Kier molecular flexibility index (Phi) is 2.55. The third-order valence-corrected chi connectivity index (χ3v) is 2.57. The zero-order valence-corrected chi connectivity index (χ0v) is 8.27. The summed E-state index contributed by atoms with van der Waals surface area (Å²) in [4.78, 5) is 27.6. The Balaban J connectivity index is 2.22. The highest BCUT2D eigenvalue weighted by Gasteiger charge is 2.25. The van der Waals surface area contributed by atoms with Gasteiger partial charge >= 0.3 is 0 Å². The van der Waals surface area contributed by atoms with Crippen molar-refractivity contribution >= 4 is 5.91 Å². The average Bonchev–Trinajstić information content (AvgIpc) is 2.65. The highest BCUT2D eigenvalue weighted by molar-refractivity contribution is 5.94. The Morgan fingerprint density at radius 1 is 1.60 bits per heavy atom. The van der Waals surface area contributed by atoms with Crippen molar-refractivity contribution in [1.82, 2.24) is 9.88 Å². The predicted octanol–water partition coefficient (Wildman–Crippen LogP) is -0.452. The van der Waals surface area contributed by atoms with Crippen LogP contribution >= 0.6 is 0 Å². The molecule has 1 aromatic rings. The van der Waals surface area contributed by atoms with E-state index in [0.717, 1.165) is 6.42 Å². The first-order valence-electron chi connectivity index (χ1n) is 4.90. The number of rotatable bonds is 1. The van der Waals surface area contributed by atoms with Gasteiger partial charge in [0.25, 0.3) is 5.91 Å². The summed E-state index contributed by atoms with van der Waals surface area (Å²) in [5, 5.41) is 0. The molecular weight excluding hydrogens is 194 g/mol. The molecule has 1 atom stereocenters. The molecule has 1 fully saturated rings. The molecule has 0 bridgehead atoms. The molecule has 80 valence electrons. The summed E-state index contributed by atoms with van der Waals surface area (Å²) < 4.78 is 0. The lowest BCUT2D eigenvalue weighted by atomic mass is 10.2. The fourth-order valence-electron chi connectivity index (χ4n) is 1.73. The number of carbonyl (C=O) groups is 1. The highest BCUT2D eigenvalue weighted by Crippen LogP contribution is 2.09. The van der Waals surface area contributed by atoms with E-state index < -0.39 is 0 Å². The summed E-state index contributed by atoms with van der Waals surface area (Å²) in [7, 11) is 0. The van der Waals surface area contributed by atoms with Crippen molar-refractivity contribution in [1.29, 1.82) is 0 Å². The molecule has 5 nitrogen and oxygen atoms in total. The Bertz CT molecular complexity index is 427. The van der Waals surface area contributed by atoms with E-state index in [1.165, 1.54) is 18.5 Å². The van der Waals surface area contributed by atoms with Gasteiger partial charge < -0.3 is 15.6 Å².